The Kier molecular flexibility index (Phi) is 5.94. The molecule has 0 unspecified atom stereocenters. The molecular weight excluding hydrogens is 292 g/mol. The van der Waals surface area contributed by atoms with Crippen molar-refractivity contribution in [1.82, 2.24) is 10.3 Å². The number of aliphatic hydroxyl groups is 1. The van der Waals surface area contributed by atoms with E-state index in [0.29, 0.717) is 12.1 Å². The maximum atomic E-state index is 12.0. The summed E-state index contributed by atoms with van der Waals surface area (Å²) >= 11 is 0. The molecule has 6 heteroatoms. The first-order chi connectivity index (χ1) is 11.1. The Morgan fingerprint density at radius 1 is 1.22 bits per heavy atom. The first-order valence-corrected chi connectivity index (χ1v) is 7.44. The fourth-order valence-electron chi connectivity index (χ4n) is 2.14. The van der Waals surface area contributed by atoms with Crippen LogP contribution in [0.25, 0.3) is 0 Å². The molecule has 1 aromatic carbocycles. The van der Waals surface area contributed by atoms with Crippen molar-refractivity contribution >= 4 is 17.5 Å². The summed E-state index contributed by atoms with van der Waals surface area (Å²) in [5, 5.41) is 14.9. The number of benzene rings is 1. The van der Waals surface area contributed by atoms with Crippen LogP contribution in [0.5, 0.6) is 0 Å². The van der Waals surface area contributed by atoms with Crippen LogP contribution in [0.2, 0.25) is 0 Å². The summed E-state index contributed by atoms with van der Waals surface area (Å²) in [6.45, 7) is -0.125. The van der Waals surface area contributed by atoms with Crippen LogP contribution in [-0.4, -0.2) is 42.9 Å². The zero-order valence-corrected chi connectivity index (χ0v) is 13.4. The van der Waals surface area contributed by atoms with Gasteiger partial charge in [0.25, 0.3) is 0 Å². The Bertz CT molecular complexity index is 614. The number of nitrogens with one attached hydrogen (secondary N) is 2. The average molecular weight is 314 g/mol. The van der Waals surface area contributed by atoms with E-state index >= 15 is 0 Å². The first-order valence-electron chi connectivity index (χ1n) is 7.44. The minimum Gasteiger partial charge on any atom is -0.394 e. The van der Waals surface area contributed by atoms with Crippen LogP contribution in [0.15, 0.2) is 48.7 Å². The van der Waals surface area contributed by atoms with Crippen LogP contribution in [0.1, 0.15) is 5.56 Å². The van der Waals surface area contributed by atoms with Crippen molar-refractivity contribution in [3.63, 3.8) is 0 Å². The number of amides is 2. The second kappa shape index (κ2) is 8.14. The minimum absolute atomic E-state index is 0.125. The number of pyridine rings is 1. The zero-order valence-electron chi connectivity index (χ0n) is 13.4. The van der Waals surface area contributed by atoms with Gasteiger partial charge in [-0.1, -0.05) is 30.3 Å². The highest BCUT2D eigenvalue weighted by Crippen LogP contribution is 2.11. The highest BCUT2D eigenvalue weighted by Gasteiger charge is 2.12. The van der Waals surface area contributed by atoms with Gasteiger partial charge in [0.05, 0.1) is 24.5 Å². The second-order valence-electron chi connectivity index (χ2n) is 5.47. The smallest absolute Gasteiger partial charge is 0.319 e. The molecule has 0 bridgehead atoms. The Hall–Kier alpha value is -2.60. The van der Waals surface area contributed by atoms with E-state index in [0.717, 1.165) is 11.4 Å². The predicted octanol–water partition coefficient (Wildman–Crippen LogP) is 1.87. The third-order valence-corrected chi connectivity index (χ3v) is 3.34. The molecule has 0 spiro atoms. The van der Waals surface area contributed by atoms with Crippen molar-refractivity contribution in [2.75, 3.05) is 30.9 Å². The lowest BCUT2D eigenvalue weighted by Crippen LogP contribution is -2.41. The van der Waals surface area contributed by atoms with Crippen LogP contribution in [-0.2, 0) is 6.42 Å². The molecular formula is C17H22N4O2. The van der Waals surface area contributed by atoms with Gasteiger partial charge in [-0.3, -0.25) is 0 Å². The number of carbonyl (C=O) groups is 1. The average Bonchev–Trinajstić information content (AvgIpc) is 2.55. The molecule has 0 saturated heterocycles. The quantitative estimate of drug-likeness (QED) is 0.761. The number of anilines is 2. The largest absolute Gasteiger partial charge is 0.394 e. The van der Waals surface area contributed by atoms with Gasteiger partial charge in [0.15, 0.2) is 0 Å². The van der Waals surface area contributed by atoms with E-state index < -0.39 is 0 Å². The van der Waals surface area contributed by atoms with Gasteiger partial charge in [-0.25, -0.2) is 9.78 Å². The summed E-state index contributed by atoms with van der Waals surface area (Å²) in [5.74, 6) is 0.813. The van der Waals surface area contributed by atoms with Gasteiger partial charge >= 0.3 is 6.03 Å². The highest BCUT2D eigenvalue weighted by molar-refractivity contribution is 5.89. The van der Waals surface area contributed by atoms with Gasteiger partial charge < -0.3 is 20.6 Å². The SMILES string of the molecule is CN(C)c1ccc(NC(=O)N[C@H](CO)Cc2ccccc2)cn1. The maximum absolute atomic E-state index is 12.0. The standard InChI is InChI=1S/C17H22N4O2/c1-21(2)16-9-8-14(11-18-16)19-17(23)20-15(12-22)10-13-6-4-3-5-7-13/h3-9,11,15,22H,10,12H2,1-2H3,(H2,19,20,23)/t15-/m0/s1. The molecule has 6 nitrogen and oxygen atoms in total. The predicted molar refractivity (Wildman–Crippen MR) is 91.7 cm³/mol. The fourth-order valence-corrected chi connectivity index (χ4v) is 2.14. The molecule has 3 N–H and O–H groups in total. The Labute approximate surface area is 136 Å². The Morgan fingerprint density at radius 2 is 1.96 bits per heavy atom. The molecule has 1 aromatic heterocycles. The molecule has 0 saturated carbocycles. The summed E-state index contributed by atoms with van der Waals surface area (Å²) in [5.41, 5.74) is 1.66. The topological polar surface area (TPSA) is 77.5 Å². The van der Waals surface area contributed by atoms with Gasteiger partial charge in [0.2, 0.25) is 0 Å². The number of rotatable bonds is 6. The number of carbonyl (C=O) groups excluding carboxylic acids is 1. The first kappa shape index (κ1) is 16.8. The van der Waals surface area contributed by atoms with Crippen LogP contribution < -0.4 is 15.5 Å². The normalized spacial score (nSPS) is 11.6. The van der Waals surface area contributed by atoms with E-state index in [-0.39, 0.29) is 18.7 Å². The minimum atomic E-state index is -0.362. The summed E-state index contributed by atoms with van der Waals surface area (Å²) in [7, 11) is 3.80. The Balaban J connectivity index is 1.89. The van der Waals surface area contributed by atoms with Crippen molar-refractivity contribution in [3.8, 4) is 0 Å². The molecule has 0 aliphatic carbocycles. The zero-order chi connectivity index (χ0) is 16.7. The molecule has 1 heterocycles. The summed E-state index contributed by atoms with van der Waals surface area (Å²) in [6, 6.07) is 12.6. The van der Waals surface area contributed by atoms with Gasteiger partial charge in [-0.05, 0) is 24.1 Å². The van der Waals surface area contributed by atoms with Crippen molar-refractivity contribution in [2.45, 2.75) is 12.5 Å². The second-order valence-corrected chi connectivity index (χ2v) is 5.47. The van der Waals surface area contributed by atoms with E-state index in [4.69, 9.17) is 0 Å². The molecule has 0 aliphatic heterocycles. The third kappa shape index (κ3) is 5.27. The van der Waals surface area contributed by atoms with E-state index in [2.05, 4.69) is 15.6 Å². The van der Waals surface area contributed by atoms with Crippen LogP contribution in [0.3, 0.4) is 0 Å². The molecule has 2 aromatic rings. The number of aromatic nitrogens is 1. The monoisotopic (exact) mass is 314 g/mol. The van der Waals surface area contributed by atoms with Gasteiger partial charge in [0.1, 0.15) is 5.82 Å². The molecule has 122 valence electrons. The van der Waals surface area contributed by atoms with Crippen LogP contribution >= 0.6 is 0 Å². The van der Waals surface area contributed by atoms with Gasteiger partial charge in [-0.2, -0.15) is 0 Å². The van der Waals surface area contributed by atoms with E-state index in [9.17, 15) is 9.90 Å². The lowest BCUT2D eigenvalue weighted by Gasteiger charge is -2.17. The summed E-state index contributed by atoms with van der Waals surface area (Å²) < 4.78 is 0. The number of urea groups is 1. The molecule has 0 radical (unpaired) electrons. The molecule has 2 rings (SSSR count). The lowest BCUT2D eigenvalue weighted by atomic mass is 10.1. The van der Waals surface area contributed by atoms with E-state index in [1.54, 1.807) is 12.3 Å². The number of aliphatic hydroxyl groups excluding tert-OH is 1. The van der Waals surface area contributed by atoms with Gasteiger partial charge in [0, 0.05) is 14.1 Å². The van der Waals surface area contributed by atoms with Gasteiger partial charge in [-0.15, -0.1) is 0 Å². The fraction of sp³-hybridized carbons (Fsp3) is 0.294. The number of nitrogens with zero attached hydrogens (tertiary/aromatic N) is 2. The highest BCUT2D eigenvalue weighted by atomic mass is 16.3. The van der Waals surface area contributed by atoms with E-state index in [1.807, 2.05) is 55.4 Å². The molecule has 0 fully saturated rings. The van der Waals surface area contributed by atoms with Crippen LogP contribution in [0.4, 0.5) is 16.3 Å². The lowest BCUT2D eigenvalue weighted by molar-refractivity contribution is 0.224. The summed E-state index contributed by atoms with van der Waals surface area (Å²) in [4.78, 5) is 18.1. The molecule has 2 amide bonds. The van der Waals surface area contributed by atoms with Crippen molar-refractivity contribution in [2.24, 2.45) is 0 Å². The van der Waals surface area contributed by atoms with Crippen molar-refractivity contribution in [3.05, 3.63) is 54.2 Å². The van der Waals surface area contributed by atoms with Crippen LogP contribution in [0, 0.1) is 0 Å². The molecule has 23 heavy (non-hydrogen) atoms. The van der Waals surface area contributed by atoms with Crippen molar-refractivity contribution < 1.29 is 9.90 Å². The Morgan fingerprint density at radius 3 is 2.52 bits per heavy atom. The van der Waals surface area contributed by atoms with E-state index in [1.165, 1.54) is 0 Å². The summed E-state index contributed by atoms with van der Waals surface area (Å²) in [6.07, 6.45) is 2.17. The van der Waals surface area contributed by atoms with Crippen molar-refractivity contribution in [1.29, 1.82) is 0 Å². The maximum Gasteiger partial charge on any atom is 0.319 e. The number of hydrogen-bond acceptors (Lipinski definition) is 4. The number of hydrogen-bond donors (Lipinski definition) is 3. The molecule has 0 aliphatic rings. The third-order valence-electron chi connectivity index (χ3n) is 3.34. The molecule has 1 atom stereocenters.